The number of hydrogen-bond acceptors (Lipinski definition) is 4. The Morgan fingerprint density at radius 1 is 1.09 bits per heavy atom. The summed E-state index contributed by atoms with van der Waals surface area (Å²) in [7, 11) is 0. The molecule has 1 aromatic carbocycles. The van der Waals surface area contributed by atoms with Gasteiger partial charge in [-0.15, -0.1) is 11.3 Å². The van der Waals surface area contributed by atoms with Gasteiger partial charge < -0.3 is 14.8 Å². The van der Waals surface area contributed by atoms with Crippen LogP contribution in [0.2, 0.25) is 0 Å². The van der Waals surface area contributed by atoms with Crippen LogP contribution in [0, 0.1) is 0 Å². The SMILES string of the molecule is CCOc1cc(CNC(C)(C)C)ccc1OCc1cccs1. The lowest BCUT2D eigenvalue weighted by Gasteiger charge is -2.21. The van der Waals surface area contributed by atoms with Gasteiger partial charge in [-0.05, 0) is 56.8 Å². The molecule has 0 spiro atoms. The fraction of sp³-hybridized carbons (Fsp3) is 0.444. The summed E-state index contributed by atoms with van der Waals surface area (Å²) in [6, 6.07) is 10.3. The largest absolute Gasteiger partial charge is 0.490 e. The lowest BCUT2D eigenvalue weighted by Crippen LogP contribution is -2.35. The van der Waals surface area contributed by atoms with Crippen LogP contribution in [-0.4, -0.2) is 12.1 Å². The van der Waals surface area contributed by atoms with E-state index in [0.29, 0.717) is 13.2 Å². The molecule has 4 heteroatoms. The Labute approximate surface area is 137 Å². The van der Waals surface area contributed by atoms with Gasteiger partial charge in [-0.1, -0.05) is 12.1 Å². The topological polar surface area (TPSA) is 30.5 Å². The number of rotatable bonds is 7. The highest BCUT2D eigenvalue weighted by molar-refractivity contribution is 7.09. The summed E-state index contributed by atoms with van der Waals surface area (Å²) >= 11 is 1.70. The molecular formula is C18H25NO2S. The molecule has 0 saturated carbocycles. The van der Waals surface area contributed by atoms with E-state index in [2.05, 4.69) is 49.7 Å². The maximum Gasteiger partial charge on any atom is 0.161 e. The van der Waals surface area contributed by atoms with E-state index in [0.717, 1.165) is 18.0 Å². The molecule has 0 bridgehead atoms. The van der Waals surface area contributed by atoms with Crippen molar-refractivity contribution in [2.45, 2.75) is 46.4 Å². The lowest BCUT2D eigenvalue weighted by atomic mass is 10.1. The van der Waals surface area contributed by atoms with Gasteiger partial charge in [0.2, 0.25) is 0 Å². The molecular weight excluding hydrogens is 294 g/mol. The second-order valence-electron chi connectivity index (χ2n) is 6.19. The zero-order valence-corrected chi connectivity index (χ0v) is 14.6. The van der Waals surface area contributed by atoms with E-state index in [1.54, 1.807) is 11.3 Å². The maximum atomic E-state index is 5.90. The van der Waals surface area contributed by atoms with Crippen LogP contribution < -0.4 is 14.8 Å². The molecule has 0 atom stereocenters. The number of thiophene rings is 1. The number of ether oxygens (including phenoxy) is 2. The second kappa shape index (κ2) is 7.65. The first-order valence-electron chi connectivity index (χ1n) is 7.64. The molecule has 3 nitrogen and oxygen atoms in total. The maximum absolute atomic E-state index is 5.90. The average molecular weight is 319 g/mol. The fourth-order valence-corrected chi connectivity index (χ4v) is 2.58. The molecule has 0 unspecified atom stereocenters. The third-order valence-corrected chi connectivity index (χ3v) is 3.93. The molecule has 1 aromatic heterocycles. The van der Waals surface area contributed by atoms with Crippen molar-refractivity contribution in [3.05, 3.63) is 46.2 Å². The first kappa shape index (κ1) is 16.8. The van der Waals surface area contributed by atoms with E-state index in [9.17, 15) is 0 Å². The third-order valence-electron chi connectivity index (χ3n) is 3.08. The van der Waals surface area contributed by atoms with E-state index in [-0.39, 0.29) is 5.54 Å². The van der Waals surface area contributed by atoms with E-state index in [1.165, 1.54) is 10.4 Å². The number of nitrogens with one attached hydrogen (secondary N) is 1. The zero-order valence-electron chi connectivity index (χ0n) is 13.8. The van der Waals surface area contributed by atoms with Crippen LogP contribution in [0.3, 0.4) is 0 Å². The zero-order chi connectivity index (χ0) is 16.0. The summed E-state index contributed by atoms with van der Waals surface area (Å²) in [6.45, 7) is 10.5. The standard InChI is InChI=1S/C18H25NO2S/c1-5-20-17-11-14(12-19-18(2,3)4)8-9-16(17)21-13-15-7-6-10-22-15/h6-11,19H,5,12-13H2,1-4H3. The predicted octanol–water partition coefficient (Wildman–Crippen LogP) is 4.61. The van der Waals surface area contributed by atoms with Gasteiger partial charge in [-0.3, -0.25) is 0 Å². The van der Waals surface area contributed by atoms with Crippen LogP contribution in [0.1, 0.15) is 38.1 Å². The molecule has 0 aliphatic rings. The van der Waals surface area contributed by atoms with Crippen LogP contribution in [0.15, 0.2) is 35.7 Å². The van der Waals surface area contributed by atoms with E-state index in [4.69, 9.17) is 9.47 Å². The summed E-state index contributed by atoms with van der Waals surface area (Å²) in [6.07, 6.45) is 0. The van der Waals surface area contributed by atoms with Crippen molar-refractivity contribution in [3.8, 4) is 11.5 Å². The van der Waals surface area contributed by atoms with Crippen molar-refractivity contribution in [1.82, 2.24) is 5.32 Å². The minimum atomic E-state index is 0.0973. The molecule has 0 radical (unpaired) electrons. The molecule has 2 rings (SSSR count). The molecule has 0 amide bonds. The molecule has 1 N–H and O–H groups in total. The Morgan fingerprint density at radius 3 is 2.55 bits per heavy atom. The Balaban J connectivity index is 2.05. The predicted molar refractivity (Wildman–Crippen MR) is 92.9 cm³/mol. The highest BCUT2D eigenvalue weighted by Gasteiger charge is 2.11. The first-order valence-corrected chi connectivity index (χ1v) is 8.52. The molecule has 0 aliphatic carbocycles. The van der Waals surface area contributed by atoms with Crippen molar-refractivity contribution < 1.29 is 9.47 Å². The fourth-order valence-electron chi connectivity index (χ4n) is 1.96. The molecule has 0 aliphatic heterocycles. The molecule has 120 valence electrons. The Bertz CT molecular complexity index is 573. The van der Waals surface area contributed by atoms with Crippen LogP contribution in [0.25, 0.3) is 0 Å². The Morgan fingerprint density at radius 2 is 1.91 bits per heavy atom. The number of benzene rings is 1. The quantitative estimate of drug-likeness (QED) is 0.808. The average Bonchev–Trinajstić information content (AvgIpc) is 2.97. The van der Waals surface area contributed by atoms with Crippen molar-refractivity contribution in [3.63, 3.8) is 0 Å². The molecule has 2 aromatic rings. The van der Waals surface area contributed by atoms with Gasteiger partial charge in [0.25, 0.3) is 0 Å². The lowest BCUT2D eigenvalue weighted by molar-refractivity contribution is 0.271. The van der Waals surface area contributed by atoms with Crippen molar-refractivity contribution in [1.29, 1.82) is 0 Å². The van der Waals surface area contributed by atoms with Gasteiger partial charge >= 0.3 is 0 Å². The third kappa shape index (κ3) is 5.35. The first-order chi connectivity index (χ1) is 10.5. The molecule has 0 saturated heterocycles. The van der Waals surface area contributed by atoms with Crippen LogP contribution in [-0.2, 0) is 13.2 Å². The summed E-state index contributed by atoms with van der Waals surface area (Å²) in [5.74, 6) is 1.61. The van der Waals surface area contributed by atoms with E-state index >= 15 is 0 Å². The summed E-state index contributed by atoms with van der Waals surface area (Å²) in [4.78, 5) is 1.21. The van der Waals surface area contributed by atoms with Crippen LogP contribution in [0.4, 0.5) is 0 Å². The van der Waals surface area contributed by atoms with Gasteiger partial charge in [0.1, 0.15) is 6.61 Å². The summed E-state index contributed by atoms with van der Waals surface area (Å²) in [5, 5.41) is 5.55. The Kier molecular flexibility index (Phi) is 5.86. The highest BCUT2D eigenvalue weighted by atomic mass is 32.1. The van der Waals surface area contributed by atoms with Crippen molar-refractivity contribution >= 4 is 11.3 Å². The minimum Gasteiger partial charge on any atom is -0.490 e. The normalized spacial score (nSPS) is 11.5. The van der Waals surface area contributed by atoms with Crippen molar-refractivity contribution in [2.75, 3.05) is 6.61 Å². The minimum absolute atomic E-state index is 0.0973. The van der Waals surface area contributed by atoms with Gasteiger partial charge in [-0.25, -0.2) is 0 Å². The van der Waals surface area contributed by atoms with Crippen LogP contribution in [0.5, 0.6) is 11.5 Å². The highest BCUT2D eigenvalue weighted by Crippen LogP contribution is 2.29. The van der Waals surface area contributed by atoms with Gasteiger partial charge in [0.05, 0.1) is 6.61 Å². The Hall–Kier alpha value is -1.52. The smallest absolute Gasteiger partial charge is 0.161 e. The summed E-state index contributed by atoms with van der Waals surface area (Å²) < 4.78 is 11.6. The van der Waals surface area contributed by atoms with Gasteiger partial charge in [0, 0.05) is 17.0 Å². The molecule has 0 fully saturated rings. The second-order valence-corrected chi connectivity index (χ2v) is 7.22. The van der Waals surface area contributed by atoms with E-state index < -0.39 is 0 Å². The summed E-state index contributed by atoms with van der Waals surface area (Å²) in [5.41, 5.74) is 1.29. The van der Waals surface area contributed by atoms with Gasteiger partial charge in [0.15, 0.2) is 11.5 Å². The van der Waals surface area contributed by atoms with Gasteiger partial charge in [-0.2, -0.15) is 0 Å². The van der Waals surface area contributed by atoms with E-state index in [1.807, 2.05) is 19.1 Å². The van der Waals surface area contributed by atoms with Crippen molar-refractivity contribution in [2.24, 2.45) is 0 Å². The van der Waals surface area contributed by atoms with Crippen LogP contribution >= 0.6 is 11.3 Å². The molecule has 22 heavy (non-hydrogen) atoms. The molecule has 1 heterocycles. The number of hydrogen-bond donors (Lipinski definition) is 1. The monoisotopic (exact) mass is 319 g/mol.